The number of ketones is 3. The van der Waals surface area contributed by atoms with Crippen LogP contribution in [-0.4, -0.2) is 42.4 Å². The van der Waals surface area contributed by atoms with Crippen LogP contribution in [0.4, 0.5) is 0 Å². The topological polar surface area (TPSA) is 116 Å². The average Bonchev–Trinajstić information content (AvgIpc) is 3.94. The second kappa shape index (κ2) is 17.3. The molecule has 1 aliphatic carbocycles. The van der Waals surface area contributed by atoms with E-state index in [1.165, 1.54) is 0 Å². The first kappa shape index (κ1) is 35.9. The average molecular weight is 674 g/mol. The number of Topliss-reactive ketones (excluding diaryl/α,β-unsaturated/α-hetero) is 3. The number of hydrogen-bond donors (Lipinski definition) is 1. The summed E-state index contributed by atoms with van der Waals surface area (Å²) < 4.78 is 10.7. The van der Waals surface area contributed by atoms with Crippen molar-refractivity contribution in [2.45, 2.75) is 64.0 Å². The molecule has 5 rings (SSSR count). The minimum absolute atomic E-state index is 0.0389. The number of amides is 1. The molecule has 0 heterocycles. The van der Waals surface area contributed by atoms with Crippen LogP contribution in [0.5, 0.6) is 5.75 Å². The molecule has 1 fully saturated rings. The molecule has 0 spiro atoms. The Labute approximate surface area is 293 Å². The molecule has 2 atom stereocenters. The third kappa shape index (κ3) is 10.3. The molecule has 4 aromatic rings. The van der Waals surface area contributed by atoms with E-state index < -0.39 is 40.8 Å². The fraction of sp³-hybridized carbons (Fsp3) is 0.310. The zero-order valence-corrected chi connectivity index (χ0v) is 28.3. The number of carbonyl (C=O) groups excluding carboxylic acids is 5. The van der Waals surface area contributed by atoms with Crippen molar-refractivity contribution in [1.82, 2.24) is 5.32 Å². The van der Waals surface area contributed by atoms with E-state index in [1.54, 1.807) is 19.2 Å². The molecule has 1 saturated carbocycles. The summed E-state index contributed by atoms with van der Waals surface area (Å²) in [5.74, 6) is -2.60. The van der Waals surface area contributed by atoms with Crippen LogP contribution in [0.15, 0.2) is 115 Å². The summed E-state index contributed by atoms with van der Waals surface area (Å²) >= 11 is 0. The van der Waals surface area contributed by atoms with E-state index in [-0.39, 0.29) is 44.5 Å². The second-order valence-corrected chi connectivity index (χ2v) is 13.0. The van der Waals surface area contributed by atoms with Gasteiger partial charge in [-0.25, -0.2) is 0 Å². The largest absolute Gasteiger partial charge is 0.497 e. The van der Waals surface area contributed by atoms with Crippen LogP contribution >= 0.6 is 0 Å². The van der Waals surface area contributed by atoms with Crippen LogP contribution in [0, 0.1) is 11.3 Å². The van der Waals surface area contributed by atoms with Gasteiger partial charge in [0.1, 0.15) is 12.4 Å². The van der Waals surface area contributed by atoms with Gasteiger partial charge in [0.15, 0.2) is 11.6 Å². The number of nitrogens with one attached hydrogen (secondary N) is 1. The molecule has 0 aromatic heterocycles. The summed E-state index contributed by atoms with van der Waals surface area (Å²) in [6.45, 7) is 0.108. The van der Waals surface area contributed by atoms with Crippen LogP contribution in [0.25, 0.3) is 0 Å². The fourth-order valence-corrected chi connectivity index (χ4v) is 6.05. The number of esters is 1. The lowest BCUT2D eigenvalue weighted by atomic mass is 9.85. The highest BCUT2D eigenvalue weighted by atomic mass is 16.5. The molecule has 0 saturated heterocycles. The number of rotatable bonds is 19. The third-order valence-corrected chi connectivity index (χ3v) is 9.26. The lowest BCUT2D eigenvalue weighted by molar-refractivity contribution is -0.149. The van der Waals surface area contributed by atoms with Crippen LogP contribution < -0.4 is 10.1 Å². The van der Waals surface area contributed by atoms with Crippen molar-refractivity contribution in [3.63, 3.8) is 0 Å². The number of aryl methyl sites for hydroxylation is 1. The number of hydrogen-bond acceptors (Lipinski definition) is 7. The van der Waals surface area contributed by atoms with Gasteiger partial charge in [-0.3, -0.25) is 24.0 Å². The molecule has 8 heteroatoms. The molecule has 0 unspecified atom stereocenters. The highest BCUT2D eigenvalue weighted by molar-refractivity contribution is 6.38. The van der Waals surface area contributed by atoms with E-state index in [0.717, 1.165) is 22.3 Å². The molecule has 50 heavy (non-hydrogen) atoms. The summed E-state index contributed by atoms with van der Waals surface area (Å²) in [6.07, 6.45) is 1.50. The predicted molar refractivity (Wildman–Crippen MR) is 189 cm³/mol. The quantitative estimate of drug-likeness (QED) is 0.0928. The number of methoxy groups -OCH3 is 1. The lowest BCUT2D eigenvalue weighted by Crippen LogP contribution is -2.47. The Morgan fingerprint density at radius 2 is 1.26 bits per heavy atom. The molecule has 1 amide bonds. The normalized spacial score (nSPS) is 14.1. The van der Waals surface area contributed by atoms with Crippen molar-refractivity contribution in [1.29, 1.82) is 0 Å². The van der Waals surface area contributed by atoms with Gasteiger partial charge in [-0.1, -0.05) is 103 Å². The van der Waals surface area contributed by atoms with E-state index in [1.807, 2.05) is 103 Å². The maximum Gasteiger partial charge on any atom is 0.307 e. The van der Waals surface area contributed by atoms with E-state index >= 15 is 0 Å². The molecule has 258 valence electrons. The van der Waals surface area contributed by atoms with Gasteiger partial charge in [0.05, 0.1) is 25.0 Å². The fourth-order valence-electron chi connectivity index (χ4n) is 6.05. The zero-order valence-electron chi connectivity index (χ0n) is 28.3. The van der Waals surface area contributed by atoms with Crippen molar-refractivity contribution < 1.29 is 33.4 Å². The Balaban J connectivity index is 1.31. The molecule has 0 bridgehead atoms. The first-order valence-electron chi connectivity index (χ1n) is 17.1. The predicted octanol–water partition coefficient (Wildman–Crippen LogP) is 6.23. The van der Waals surface area contributed by atoms with Crippen LogP contribution in [0.1, 0.15) is 54.4 Å². The van der Waals surface area contributed by atoms with E-state index in [0.29, 0.717) is 25.0 Å². The van der Waals surface area contributed by atoms with Crippen molar-refractivity contribution in [2.24, 2.45) is 11.3 Å². The van der Waals surface area contributed by atoms with Crippen molar-refractivity contribution in [3.8, 4) is 5.75 Å². The van der Waals surface area contributed by atoms with E-state index in [4.69, 9.17) is 9.47 Å². The van der Waals surface area contributed by atoms with E-state index in [2.05, 4.69) is 5.32 Å². The SMILES string of the molecule is COc1ccc(C[C@H](NC(=O)C2(CC(=O)OCc3ccccc3)CC2)C(=O)C[C@@H](Cc2ccccc2)C(=O)C(=O)CCc2ccccc2)cc1. The Bertz CT molecular complexity index is 1750. The number of ether oxygens (including phenoxy) is 2. The number of carbonyl (C=O) groups is 5. The van der Waals surface area contributed by atoms with Gasteiger partial charge in [0.25, 0.3) is 0 Å². The molecular formula is C42H43NO7. The summed E-state index contributed by atoms with van der Waals surface area (Å²) in [7, 11) is 1.56. The Morgan fingerprint density at radius 3 is 1.84 bits per heavy atom. The van der Waals surface area contributed by atoms with Gasteiger partial charge in [-0.2, -0.15) is 0 Å². The Hall–Kier alpha value is -5.37. The lowest BCUT2D eigenvalue weighted by Gasteiger charge is -2.24. The maximum absolute atomic E-state index is 14.1. The molecule has 0 radical (unpaired) electrons. The Kier molecular flexibility index (Phi) is 12.5. The first-order chi connectivity index (χ1) is 24.2. The molecule has 8 nitrogen and oxygen atoms in total. The Morgan fingerprint density at radius 1 is 0.700 bits per heavy atom. The minimum Gasteiger partial charge on any atom is -0.497 e. The summed E-state index contributed by atoms with van der Waals surface area (Å²) in [4.78, 5) is 67.6. The van der Waals surface area contributed by atoms with Crippen LogP contribution in [0.2, 0.25) is 0 Å². The second-order valence-electron chi connectivity index (χ2n) is 13.0. The molecule has 1 aliphatic rings. The van der Waals surface area contributed by atoms with Crippen LogP contribution in [-0.2, 0) is 54.6 Å². The minimum atomic E-state index is -0.987. The van der Waals surface area contributed by atoms with Gasteiger partial charge in [-0.15, -0.1) is 0 Å². The van der Waals surface area contributed by atoms with E-state index in [9.17, 15) is 24.0 Å². The standard InChI is InChI=1S/C42H43NO7/c1-49-35-20-17-32(18-21-35)26-36(43-41(48)42(23-24-42)28-39(46)50-29-33-15-9-4-10-16-33)38(45)27-34(25-31-13-7-3-8-14-31)40(47)37(44)22-19-30-11-5-2-6-12-30/h2-18,20-21,34,36H,19,22-29H2,1H3,(H,43,48)/t34-,36+/m1/s1. The highest BCUT2D eigenvalue weighted by Gasteiger charge is 2.52. The van der Waals surface area contributed by atoms with Gasteiger partial charge < -0.3 is 14.8 Å². The number of benzene rings is 4. The first-order valence-corrected chi connectivity index (χ1v) is 17.1. The molecule has 4 aromatic carbocycles. The van der Waals surface area contributed by atoms with Crippen LogP contribution in [0.3, 0.4) is 0 Å². The van der Waals surface area contributed by atoms with Gasteiger partial charge in [0.2, 0.25) is 11.7 Å². The molecular weight excluding hydrogens is 630 g/mol. The van der Waals surface area contributed by atoms with Crippen molar-refractivity contribution in [2.75, 3.05) is 7.11 Å². The third-order valence-electron chi connectivity index (χ3n) is 9.26. The highest BCUT2D eigenvalue weighted by Crippen LogP contribution is 2.49. The van der Waals surface area contributed by atoms with Gasteiger partial charge in [0, 0.05) is 18.8 Å². The van der Waals surface area contributed by atoms with Crippen molar-refractivity contribution in [3.05, 3.63) is 138 Å². The summed E-state index contributed by atoms with van der Waals surface area (Å²) in [5.41, 5.74) is 2.44. The maximum atomic E-state index is 14.1. The smallest absolute Gasteiger partial charge is 0.307 e. The monoisotopic (exact) mass is 673 g/mol. The summed E-state index contributed by atoms with van der Waals surface area (Å²) in [6, 6.07) is 34.3. The zero-order chi connectivity index (χ0) is 35.3. The summed E-state index contributed by atoms with van der Waals surface area (Å²) in [5, 5.41) is 2.94. The molecule has 1 N–H and O–H groups in total. The van der Waals surface area contributed by atoms with Gasteiger partial charge in [-0.05, 0) is 66.5 Å². The van der Waals surface area contributed by atoms with Gasteiger partial charge >= 0.3 is 5.97 Å². The van der Waals surface area contributed by atoms with Crippen molar-refractivity contribution >= 4 is 29.2 Å². The molecule has 0 aliphatic heterocycles.